The number of nitrogens with one attached hydrogen (secondary N) is 1. The molecule has 7 heteroatoms. The summed E-state index contributed by atoms with van der Waals surface area (Å²) in [7, 11) is 0. The van der Waals surface area contributed by atoms with Gasteiger partial charge in [0.15, 0.2) is 10.8 Å². The first kappa shape index (κ1) is 14.8. The first-order valence-electron chi connectivity index (χ1n) is 7.33. The molecule has 2 N–H and O–H groups in total. The maximum Gasteiger partial charge on any atom is 0.195 e. The van der Waals surface area contributed by atoms with Crippen LogP contribution >= 0.6 is 11.3 Å². The Bertz CT molecular complexity index is 595. The standard InChI is InChI=1S/C14H22N4O2S/c1-10(2)15-7-12-13(16-14-18(12)4-6-21-14)17-3-5-20-9-11(17)8-19/h4,6,10-11,15,19H,3,5,7-9H2,1-2H3. The molecule has 0 aliphatic carbocycles. The first-order chi connectivity index (χ1) is 10.2. The van der Waals surface area contributed by atoms with Crippen LogP contribution in [0.3, 0.4) is 0 Å². The number of thiazole rings is 1. The Labute approximate surface area is 128 Å². The van der Waals surface area contributed by atoms with Gasteiger partial charge in [0.05, 0.1) is 31.6 Å². The largest absolute Gasteiger partial charge is 0.394 e. The Morgan fingerprint density at radius 2 is 2.43 bits per heavy atom. The summed E-state index contributed by atoms with van der Waals surface area (Å²) in [5.41, 5.74) is 1.15. The van der Waals surface area contributed by atoms with Crippen LogP contribution in [0.1, 0.15) is 19.5 Å². The van der Waals surface area contributed by atoms with Crippen LogP contribution < -0.4 is 10.2 Å². The number of hydrogen-bond donors (Lipinski definition) is 2. The summed E-state index contributed by atoms with van der Waals surface area (Å²) in [4.78, 5) is 7.95. The minimum atomic E-state index is -0.0128. The van der Waals surface area contributed by atoms with E-state index in [1.54, 1.807) is 11.3 Å². The number of anilines is 1. The number of aromatic nitrogens is 2. The Morgan fingerprint density at radius 1 is 1.57 bits per heavy atom. The van der Waals surface area contributed by atoms with Crippen molar-refractivity contribution in [3.63, 3.8) is 0 Å². The van der Waals surface area contributed by atoms with E-state index in [2.05, 4.69) is 34.7 Å². The molecule has 1 fully saturated rings. The second kappa shape index (κ2) is 6.31. The topological polar surface area (TPSA) is 62.0 Å². The molecule has 0 saturated carbocycles. The lowest BCUT2D eigenvalue weighted by atomic mass is 10.2. The number of hydrogen-bond acceptors (Lipinski definition) is 6. The Kier molecular flexibility index (Phi) is 4.44. The van der Waals surface area contributed by atoms with Gasteiger partial charge in [0.2, 0.25) is 0 Å². The first-order valence-corrected chi connectivity index (χ1v) is 8.21. The Balaban J connectivity index is 1.95. The molecule has 3 rings (SSSR count). The van der Waals surface area contributed by atoms with Crippen molar-refractivity contribution >= 4 is 22.1 Å². The van der Waals surface area contributed by atoms with Crippen LogP contribution in [-0.4, -0.2) is 52.9 Å². The third-order valence-corrected chi connectivity index (χ3v) is 4.48. The lowest BCUT2D eigenvalue weighted by Gasteiger charge is -2.35. The molecule has 1 aliphatic heterocycles. The Morgan fingerprint density at radius 3 is 3.19 bits per heavy atom. The van der Waals surface area contributed by atoms with Crippen molar-refractivity contribution in [2.75, 3.05) is 31.3 Å². The van der Waals surface area contributed by atoms with E-state index >= 15 is 0 Å². The quantitative estimate of drug-likeness (QED) is 0.866. The average Bonchev–Trinajstić information content (AvgIpc) is 3.05. The molecule has 1 unspecified atom stereocenters. The van der Waals surface area contributed by atoms with Crippen molar-refractivity contribution in [1.29, 1.82) is 0 Å². The number of aliphatic hydroxyl groups is 1. The van der Waals surface area contributed by atoms with Gasteiger partial charge < -0.3 is 20.1 Å². The molecule has 6 nitrogen and oxygen atoms in total. The molecule has 1 aliphatic rings. The van der Waals surface area contributed by atoms with Crippen LogP contribution in [0.4, 0.5) is 5.82 Å². The molecule has 1 saturated heterocycles. The lowest BCUT2D eigenvalue weighted by molar-refractivity contribution is 0.0722. The van der Waals surface area contributed by atoms with Gasteiger partial charge in [-0.15, -0.1) is 11.3 Å². The van der Waals surface area contributed by atoms with Crippen LogP contribution in [0.15, 0.2) is 11.6 Å². The van der Waals surface area contributed by atoms with E-state index in [0.717, 1.165) is 29.6 Å². The zero-order chi connectivity index (χ0) is 14.8. The summed E-state index contributed by atoms with van der Waals surface area (Å²) >= 11 is 1.63. The number of aliphatic hydroxyl groups excluding tert-OH is 1. The zero-order valence-electron chi connectivity index (χ0n) is 12.5. The van der Waals surface area contributed by atoms with Crippen LogP contribution in [0.5, 0.6) is 0 Å². The van der Waals surface area contributed by atoms with Crippen molar-refractivity contribution in [3.05, 3.63) is 17.3 Å². The van der Waals surface area contributed by atoms with E-state index in [1.807, 2.05) is 5.38 Å². The van der Waals surface area contributed by atoms with Gasteiger partial charge in [-0.1, -0.05) is 13.8 Å². The third-order valence-electron chi connectivity index (χ3n) is 3.73. The highest BCUT2D eigenvalue weighted by molar-refractivity contribution is 7.15. The van der Waals surface area contributed by atoms with Gasteiger partial charge in [-0.2, -0.15) is 0 Å². The highest BCUT2D eigenvalue weighted by atomic mass is 32.1. The molecule has 0 aromatic carbocycles. The Hall–Kier alpha value is -1.15. The lowest BCUT2D eigenvalue weighted by Crippen LogP contribution is -2.48. The maximum atomic E-state index is 9.59. The van der Waals surface area contributed by atoms with Crippen LogP contribution in [0.2, 0.25) is 0 Å². The molecular weight excluding hydrogens is 288 g/mol. The van der Waals surface area contributed by atoms with Gasteiger partial charge in [-0.25, -0.2) is 4.98 Å². The molecule has 0 spiro atoms. The second-order valence-corrected chi connectivity index (χ2v) is 6.45. The van der Waals surface area contributed by atoms with Gasteiger partial charge >= 0.3 is 0 Å². The van der Waals surface area contributed by atoms with Crippen molar-refractivity contribution in [2.24, 2.45) is 0 Å². The molecule has 21 heavy (non-hydrogen) atoms. The normalized spacial score (nSPS) is 19.8. The van der Waals surface area contributed by atoms with Crippen molar-refractivity contribution < 1.29 is 9.84 Å². The predicted octanol–water partition coefficient (Wildman–Crippen LogP) is 1.09. The van der Waals surface area contributed by atoms with Crippen LogP contribution in [-0.2, 0) is 11.3 Å². The number of fused-ring (bicyclic) bond motifs is 1. The molecule has 2 aromatic rings. The van der Waals surface area contributed by atoms with Gasteiger partial charge in [0.25, 0.3) is 0 Å². The predicted molar refractivity (Wildman–Crippen MR) is 84.1 cm³/mol. The fraction of sp³-hybridized carbons (Fsp3) is 0.643. The minimum Gasteiger partial charge on any atom is -0.394 e. The number of morpholine rings is 1. The van der Waals surface area contributed by atoms with Gasteiger partial charge in [0, 0.05) is 30.7 Å². The summed E-state index contributed by atoms with van der Waals surface area (Å²) in [5.74, 6) is 0.970. The molecular formula is C14H22N4O2S. The SMILES string of the molecule is CC(C)NCc1c(N2CCOCC2CO)nc2sccn12. The molecule has 0 radical (unpaired) electrons. The van der Waals surface area contributed by atoms with Crippen LogP contribution in [0, 0.1) is 0 Å². The van der Waals surface area contributed by atoms with Gasteiger partial charge in [0.1, 0.15) is 0 Å². The molecule has 2 aromatic heterocycles. The van der Waals surface area contributed by atoms with Gasteiger partial charge in [-0.05, 0) is 0 Å². The van der Waals surface area contributed by atoms with E-state index in [-0.39, 0.29) is 12.6 Å². The smallest absolute Gasteiger partial charge is 0.195 e. The highest BCUT2D eigenvalue weighted by Crippen LogP contribution is 2.27. The van der Waals surface area contributed by atoms with E-state index in [1.165, 1.54) is 0 Å². The number of imidazole rings is 1. The molecule has 0 amide bonds. The summed E-state index contributed by atoms with van der Waals surface area (Å²) in [5, 5.41) is 15.1. The van der Waals surface area contributed by atoms with E-state index in [9.17, 15) is 5.11 Å². The highest BCUT2D eigenvalue weighted by Gasteiger charge is 2.27. The molecule has 116 valence electrons. The van der Waals surface area contributed by atoms with Crippen molar-refractivity contribution in [2.45, 2.75) is 32.5 Å². The number of rotatable bonds is 5. The molecule has 1 atom stereocenters. The fourth-order valence-corrected chi connectivity index (χ4v) is 3.33. The number of nitrogens with zero attached hydrogens (tertiary/aromatic N) is 3. The zero-order valence-corrected chi connectivity index (χ0v) is 13.3. The van der Waals surface area contributed by atoms with Crippen molar-refractivity contribution in [3.8, 4) is 0 Å². The summed E-state index contributed by atoms with van der Waals surface area (Å²) in [6.45, 7) is 7.12. The van der Waals surface area contributed by atoms with Crippen LogP contribution in [0.25, 0.3) is 4.96 Å². The summed E-state index contributed by atoms with van der Waals surface area (Å²) in [6.07, 6.45) is 2.06. The minimum absolute atomic E-state index is 0.0128. The maximum absolute atomic E-state index is 9.59. The molecule has 3 heterocycles. The van der Waals surface area contributed by atoms with E-state index in [0.29, 0.717) is 19.3 Å². The van der Waals surface area contributed by atoms with E-state index < -0.39 is 0 Å². The monoisotopic (exact) mass is 310 g/mol. The average molecular weight is 310 g/mol. The van der Waals surface area contributed by atoms with Gasteiger partial charge in [-0.3, -0.25) is 4.40 Å². The number of ether oxygens (including phenoxy) is 1. The van der Waals surface area contributed by atoms with Crippen molar-refractivity contribution in [1.82, 2.24) is 14.7 Å². The summed E-state index contributed by atoms with van der Waals surface area (Å²) in [6, 6.07) is 0.404. The summed E-state index contributed by atoms with van der Waals surface area (Å²) < 4.78 is 7.61. The van der Waals surface area contributed by atoms with E-state index in [4.69, 9.17) is 9.72 Å². The fourth-order valence-electron chi connectivity index (χ4n) is 2.60. The second-order valence-electron chi connectivity index (χ2n) is 5.58. The molecule has 0 bridgehead atoms. The third kappa shape index (κ3) is 2.91.